The second-order valence-corrected chi connectivity index (χ2v) is 6.21. The van der Waals surface area contributed by atoms with Crippen LogP contribution in [-0.4, -0.2) is 28.7 Å². The first-order chi connectivity index (χ1) is 9.87. The van der Waals surface area contributed by atoms with E-state index in [2.05, 4.69) is 5.32 Å². The fraction of sp³-hybridized carbons (Fsp3) is 0.375. The van der Waals surface area contributed by atoms with Crippen molar-refractivity contribution < 1.29 is 14.3 Å². The number of nitrogens with one attached hydrogen (secondary N) is 1. The Labute approximate surface area is 122 Å². The van der Waals surface area contributed by atoms with Crippen molar-refractivity contribution in [2.45, 2.75) is 32.8 Å². The molecule has 0 spiro atoms. The van der Waals surface area contributed by atoms with Gasteiger partial charge in [-0.1, -0.05) is 6.07 Å². The van der Waals surface area contributed by atoms with Gasteiger partial charge >= 0.3 is 6.09 Å². The molecule has 0 fully saturated rings. The molecule has 1 aromatic heterocycles. The van der Waals surface area contributed by atoms with Gasteiger partial charge in [0.1, 0.15) is 5.60 Å². The zero-order valence-electron chi connectivity index (χ0n) is 12.4. The highest BCUT2D eigenvalue weighted by molar-refractivity contribution is 6.09. The van der Waals surface area contributed by atoms with E-state index < -0.39 is 11.7 Å². The van der Waals surface area contributed by atoms with E-state index >= 15 is 0 Å². The molecule has 0 radical (unpaired) electrons. The van der Waals surface area contributed by atoms with Crippen LogP contribution in [0.25, 0.3) is 10.9 Å². The van der Waals surface area contributed by atoms with Crippen molar-refractivity contribution in [2.24, 2.45) is 0 Å². The summed E-state index contributed by atoms with van der Waals surface area (Å²) >= 11 is 0. The fourth-order valence-corrected chi connectivity index (χ4v) is 2.62. The number of amides is 1. The molecule has 0 saturated heterocycles. The number of benzene rings is 1. The van der Waals surface area contributed by atoms with Crippen molar-refractivity contribution >= 4 is 22.9 Å². The highest BCUT2D eigenvalue weighted by Crippen LogP contribution is 2.28. The van der Waals surface area contributed by atoms with E-state index in [1.165, 1.54) is 4.57 Å². The molecule has 110 valence electrons. The quantitative estimate of drug-likeness (QED) is 0.810. The van der Waals surface area contributed by atoms with Gasteiger partial charge in [-0.2, -0.15) is 0 Å². The van der Waals surface area contributed by atoms with Gasteiger partial charge in [0, 0.05) is 23.7 Å². The van der Waals surface area contributed by atoms with Gasteiger partial charge in [-0.25, -0.2) is 4.79 Å². The summed E-state index contributed by atoms with van der Waals surface area (Å²) in [6, 6.07) is 5.41. The summed E-state index contributed by atoms with van der Waals surface area (Å²) in [5.41, 5.74) is 1.76. The minimum atomic E-state index is -0.556. The van der Waals surface area contributed by atoms with Crippen molar-refractivity contribution in [1.82, 2.24) is 9.88 Å². The summed E-state index contributed by atoms with van der Waals surface area (Å²) in [6.45, 7) is 6.07. The third-order valence-corrected chi connectivity index (χ3v) is 3.42. The Kier molecular flexibility index (Phi) is 3.01. The molecule has 1 N–H and O–H groups in total. The van der Waals surface area contributed by atoms with Crippen LogP contribution in [-0.2, 0) is 11.2 Å². The predicted molar refractivity (Wildman–Crippen MR) is 79.6 cm³/mol. The standard InChI is InChI=1S/C16H18N2O3/c1-16(2,3)21-15(20)18-9-10-7-8-17-14(19)11-5-4-6-12(18)13(10)11/h4-6,9H,7-8H2,1-3H3,(H,17,19). The van der Waals surface area contributed by atoms with Crippen molar-refractivity contribution in [3.05, 3.63) is 35.5 Å². The number of hydrogen-bond donors (Lipinski definition) is 1. The molecule has 2 heterocycles. The van der Waals surface area contributed by atoms with Gasteiger partial charge in [0.25, 0.3) is 5.91 Å². The van der Waals surface area contributed by atoms with Crippen molar-refractivity contribution in [2.75, 3.05) is 6.54 Å². The molecule has 1 aromatic carbocycles. The molecule has 1 amide bonds. The molecule has 3 rings (SSSR count). The zero-order chi connectivity index (χ0) is 15.2. The largest absolute Gasteiger partial charge is 0.443 e. The summed E-state index contributed by atoms with van der Waals surface area (Å²) in [5, 5.41) is 3.71. The molecule has 0 aliphatic carbocycles. The Hall–Kier alpha value is -2.30. The third-order valence-electron chi connectivity index (χ3n) is 3.42. The van der Waals surface area contributed by atoms with Crippen LogP contribution in [0, 0.1) is 0 Å². The molecule has 0 saturated carbocycles. The number of ether oxygens (including phenoxy) is 1. The van der Waals surface area contributed by atoms with Crippen molar-refractivity contribution in [3.63, 3.8) is 0 Å². The Bertz CT molecular complexity index is 738. The topological polar surface area (TPSA) is 60.3 Å². The lowest BCUT2D eigenvalue weighted by Crippen LogP contribution is -2.27. The highest BCUT2D eigenvalue weighted by Gasteiger charge is 2.24. The van der Waals surface area contributed by atoms with Crippen LogP contribution >= 0.6 is 0 Å². The fourth-order valence-electron chi connectivity index (χ4n) is 2.62. The molecule has 2 aromatic rings. The molecule has 5 heteroatoms. The molecule has 0 unspecified atom stereocenters. The maximum Gasteiger partial charge on any atom is 0.419 e. The summed E-state index contributed by atoms with van der Waals surface area (Å²) in [7, 11) is 0. The van der Waals surface area contributed by atoms with Crippen LogP contribution in [0.3, 0.4) is 0 Å². The van der Waals surface area contributed by atoms with Gasteiger partial charge in [-0.15, -0.1) is 0 Å². The van der Waals surface area contributed by atoms with E-state index in [1.807, 2.05) is 26.8 Å². The Morgan fingerprint density at radius 3 is 2.81 bits per heavy atom. The number of hydrogen-bond acceptors (Lipinski definition) is 3. The van der Waals surface area contributed by atoms with Crippen LogP contribution in [0.15, 0.2) is 24.4 Å². The van der Waals surface area contributed by atoms with Crippen LogP contribution < -0.4 is 5.32 Å². The monoisotopic (exact) mass is 286 g/mol. The lowest BCUT2D eigenvalue weighted by atomic mass is 10.1. The zero-order valence-corrected chi connectivity index (χ0v) is 12.4. The molecule has 21 heavy (non-hydrogen) atoms. The molecule has 1 aliphatic rings. The second kappa shape index (κ2) is 4.62. The van der Waals surface area contributed by atoms with E-state index in [9.17, 15) is 9.59 Å². The third kappa shape index (κ3) is 2.39. The lowest BCUT2D eigenvalue weighted by Gasteiger charge is -2.19. The van der Waals surface area contributed by atoms with Gasteiger partial charge in [-0.3, -0.25) is 9.36 Å². The molecule has 0 atom stereocenters. The average Bonchev–Trinajstić information content (AvgIpc) is 2.67. The smallest absolute Gasteiger partial charge is 0.419 e. The Morgan fingerprint density at radius 2 is 2.10 bits per heavy atom. The summed E-state index contributed by atoms with van der Waals surface area (Å²) in [6.07, 6.45) is 2.06. The van der Waals surface area contributed by atoms with E-state index in [0.29, 0.717) is 24.0 Å². The van der Waals surface area contributed by atoms with Gasteiger partial charge in [0.05, 0.1) is 5.52 Å². The van der Waals surface area contributed by atoms with E-state index in [-0.39, 0.29) is 5.91 Å². The lowest BCUT2D eigenvalue weighted by molar-refractivity contribution is 0.0544. The SMILES string of the molecule is CC(C)(C)OC(=O)n1cc2c3c(cccc31)C(=O)NCC2. The van der Waals surface area contributed by atoms with Crippen LogP contribution in [0.1, 0.15) is 36.7 Å². The molecular formula is C16H18N2O3. The first kappa shape index (κ1) is 13.7. The minimum Gasteiger partial charge on any atom is -0.443 e. The molecule has 0 bridgehead atoms. The van der Waals surface area contributed by atoms with Gasteiger partial charge in [0.2, 0.25) is 0 Å². The number of carbonyl (C=O) groups is 2. The van der Waals surface area contributed by atoms with E-state index in [1.54, 1.807) is 18.3 Å². The Balaban J connectivity index is 2.17. The van der Waals surface area contributed by atoms with Crippen LogP contribution in [0.4, 0.5) is 4.79 Å². The molecular weight excluding hydrogens is 268 g/mol. The van der Waals surface area contributed by atoms with E-state index in [4.69, 9.17) is 4.74 Å². The first-order valence-corrected chi connectivity index (χ1v) is 7.01. The average molecular weight is 286 g/mol. The molecule has 1 aliphatic heterocycles. The van der Waals surface area contributed by atoms with Crippen LogP contribution in [0.5, 0.6) is 0 Å². The summed E-state index contributed by atoms with van der Waals surface area (Å²) in [4.78, 5) is 24.4. The maximum atomic E-state index is 12.3. The first-order valence-electron chi connectivity index (χ1n) is 7.01. The van der Waals surface area contributed by atoms with Gasteiger partial charge in [0.15, 0.2) is 0 Å². The molecule has 5 nitrogen and oxygen atoms in total. The number of rotatable bonds is 0. The van der Waals surface area contributed by atoms with Gasteiger partial charge in [-0.05, 0) is 44.9 Å². The number of nitrogens with zero attached hydrogens (tertiary/aromatic N) is 1. The Morgan fingerprint density at radius 1 is 1.33 bits per heavy atom. The summed E-state index contributed by atoms with van der Waals surface area (Å²) < 4.78 is 6.93. The number of carbonyl (C=O) groups excluding carboxylic acids is 2. The second-order valence-electron chi connectivity index (χ2n) is 6.21. The normalized spacial score (nSPS) is 14.7. The van der Waals surface area contributed by atoms with Crippen molar-refractivity contribution in [1.29, 1.82) is 0 Å². The highest BCUT2D eigenvalue weighted by atomic mass is 16.6. The predicted octanol–water partition coefficient (Wildman–Crippen LogP) is 2.71. The summed E-state index contributed by atoms with van der Waals surface area (Å²) in [5.74, 6) is -0.0960. The van der Waals surface area contributed by atoms with E-state index in [0.717, 1.165) is 10.9 Å². The maximum absolute atomic E-state index is 12.3. The van der Waals surface area contributed by atoms with Crippen molar-refractivity contribution in [3.8, 4) is 0 Å². The van der Waals surface area contributed by atoms with Crippen LogP contribution in [0.2, 0.25) is 0 Å². The van der Waals surface area contributed by atoms with Gasteiger partial charge < -0.3 is 10.1 Å². The minimum absolute atomic E-state index is 0.0960. The number of aromatic nitrogens is 1.